The smallest absolute Gasteiger partial charge is 0.263 e. The summed E-state index contributed by atoms with van der Waals surface area (Å²) < 4.78 is 28.2. The van der Waals surface area contributed by atoms with Crippen molar-refractivity contribution in [2.24, 2.45) is 0 Å². The number of fused-ring (bicyclic) bond motifs is 1. The van der Waals surface area contributed by atoms with Gasteiger partial charge in [-0.15, -0.1) is 0 Å². The minimum atomic E-state index is -3.80. The molecular weight excluding hydrogens is 466 g/mol. The standard InChI is InChI=1S/C19H20ClN3O4S3/c1-28-9-8-14(11-24)21-18(25)12-2-7-16-17(10-12)29-19(22-16)23-30(26,27)15-5-3-13(20)4-6-15/h2-7,10,14,24H,8-9,11H2,1H3,(H,21,25)(H,22,23)/t14-/m1/s1. The largest absolute Gasteiger partial charge is 0.394 e. The van der Waals surface area contributed by atoms with E-state index in [0.717, 1.165) is 17.1 Å². The number of aliphatic hydroxyl groups is 1. The molecule has 11 heteroatoms. The third-order valence-electron chi connectivity index (χ3n) is 4.22. The van der Waals surface area contributed by atoms with Crippen LogP contribution in [0.25, 0.3) is 10.2 Å². The Kier molecular flexibility index (Phi) is 7.59. The number of rotatable bonds is 9. The lowest BCUT2D eigenvalue weighted by Gasteiger charge is -2.15. The number of aromatic nitrogens is 1. The van der Waals surface area contributed by atoms with Crippen LogP contribution in [0.15, 0.2) is 47.4 Å². The number of thioether (sulfide) groups is 1. The average Bonchev–Trinajstić information content (AvgIpc) is 3.11. The molecule has 0 aliphatic heterocycles. The maximum absolute atomic E-state index is 12.5. The normalized spacial score (nSPS) is 12.6. The highest BCUT2D eigenvalue weighted by Gasteiger charge is 2.18. The Morgan fingerprint density at radius 1 is 1.27 bits per heavy atom. The molecule has 0 radical (unpaired) electrons. The van der Waals surface area contributed by atoms with Gasteiger partial charge in [-0.3, -0.25) is 9.52 Å². The maximum Gasteiger partial charge on any atom is 0.263 e. The Labute approximate surface area is 187 Å². The summed E-state index contributed by atoms with van der Waals surface area (Å²) in [6.07, 6.45) is 2.63. The molecule has 0 aliphatic carbocycles. The van der Waals surface area contributed by atoms with Gasteiger partial charge in [0, 0.05) is 10.6 Å². The fourth-order valence-electron chi connectivity index (χ4n) is 2.64. The fraction of sp³-hybridized carbons (Fsp3) is 0.263. The molecule has 0 unspecified atom stereocenters. The van der Waals surface area contributed by atoms with Gasteiger partial charge < -0.3 is 10.4 Å². The number of carbonyl (C=O) groups excluding carboxylic acids is 1. The number of benzene rings is 2. The molecule has 0 fully saturated rings. The molecule has 0 spiro atoms. The summed E-state index contributed by atoms with van der Waals surface area (Å²) in [5.74, 6) is 0.532. The third kappa shape index (κ3) is 5.64. The van der Waals surface area contributed by atoms with Crippen molar-refractivity contribution in [1.82, 2.24) is 10.3 Å². The van der Waals surface area contributed by atoms with Crippen molar-refractivity contribution in [3.8, 4) is 0 Å². The van der Waals surface area contributed by atoms with E-state index in [2.05, 4.69) is 15.0 Å². The highest BCUT2D eigenvalue weighted by molar-refractivity contribution is 7.98. The van der Waals surface area contributed by atoms with Crippen LogP contribution in [0.4, 0.5) is 5.13 Å². The monoisotopic (exact) mass is 485 g/mol. The van der Waals surface area contributed by atoms with E-state index in [1.807, 2.05) is 6.26 Å². The van der Waals surface area contributed by atoms with Crippen LogP contribution in [-0.4, -0.2) is 49.1 Å². The summed E-state index contributed by atoms with van der Waals surface area (Å²) >= 11 is 8.58. The average molecular weight is 486 g/mol. The van der Waals surface area contributed by atoms with E-state index in [1.165, 1.54) is 24.3 Å². The van der Waals surface area contributed by atoms with Crippen molar-refractivity contribution in [3.63, 3.8) is 0 Å². The van der Waals surface area contributed by atoms with Gasteiger partial charge in [-0.05, 0) is 60.9 Å². The lowest BCUT2D eigenvalue weighted by atomic mass is 10.1. The van der Waals surface area contributed by atoms with Crippen molar-refractivity contribution in [1.29, 1.82) is 0 Å². The number of thiazole rings is 1. The molecule has 7 nitrogen and oxygen atoms in total. The topological polar surface area (TPSA) is 108 Å². The predicted octanol–water partition coefficient (Wildman–Crippen LogP) is 3.59. The van der Waals surface area contributed by atoms with E-state index in [1.54, 1.807) is 30.0 Å². The van der Waals surface area contributed by atoms with Crippen LogP contribution >= 0.6 is 34.7 Å². The molecular formula is C19H20ClN3O4S3. The van der Waals surface area contributed by atoms with Gasteiger partial charge in [0.2, 0.25) is 0 Å². The van der Waals surface area contributed by atoms with Crippen LogP contribution in [0.1, 0.15) is 16.8 Å². The van der Waals surface area contributed by atoms with Crippen LogP contribution in [-0.2, 0) is 10.0 Å². The van der Waals surface area contributed by atoms with Gasteiger partial charge >= 0.3 is 0 Å². The summed E-state index contributed by atoms with van der Waals surface area (Å²) in [6.45, 7) is -0.133. The molecule has 1 amide bonds. The van der Waals surface area contributed by atoms with E-state index in [0.29, 0.717) is 27.2 Å². The number of hydrogen-bond donors (Lipinski definition) is 3. The first kappa shape index (κ1) is 22.8. The van der Waals surface area contributed by atoms with Crippen LogP contribution in [0.2, 0.25) is 5.02 Å². The zero-order chi connectivity index (χ0) is 21.7. The van der Waals surface area contributed by atoms with Crippen molar-refractivity contribution >= 4 is 66.0 Å². The van der Waals surface area contributed by atoms with Gasteiger partial charge in [-0.1, -0.05) is 22.9 Å². The predicted molar refractivity (Wildman–Crippen MR) is 123 cm³/mol. The number of hydrogen-bond acceptors (Lipinski definition) is 7. The Balaban J connectivity index is 1.77. The molecule has 3 aromatic rings. The van der Waals surface area contributed by atoms with Gasteiger partial charge in [0.25, 0.3) is 15.9 Å². The van der Waals surface area contributed by atoms with Gasteiger partial charge in [0.15, 0.2) is 5.13 Å². The van der Waals surface area contributed by atoms with Gasteiger partial charge in [-0.2, -0.15) is 11.8 Å². The Morgan fingerprint density at radius 3 is 2.67 bits per heavy atom. The summed E-state index contributed by atoms with van der Waals surface area (Å²) in [5.41, 5.74) is 0.993. The number of amides is 1. The first-order valence-corrected chi connectivity index (χ1v) is 13.0. The van der Waals surface area contributed by atoms with E-state index < -0.39 is 10.0 Å². The van der Waals surface area contributed by atoms with Gasteiger partial charge in [0.05, 0.1) is 27.8 Å². The summed E-state index contributed by atoms with van der Waals surface area (Å²) in [7, 11) is -3.80. The maximum atomic E-state index is 12.5. The zero-order valence-electron chi connectivity index (χ0n) is 16.0. The molecule has 3 rings (SSSR count). The van der Waals surface area contributed by atoms with E-state index in [9.17, 15) is 18.3 Å². The second-order valence-corrected chi connectivity index (χ2v) is 10.5. The molecule has 0 saturated heterocycles. The molecule has 30 heavy (non-hydrogen) atoms. The Morgan fingerprint density at radius 2 is 2.00 bits per heavy atom. The number of sulfonamides is 1. The third-order valence-corrected chi connectivity index (χ3v) is 7.54. The molecule has 0 saturated carbocycles. The summed E-state index contributed by atoms with van der Waals surface area (Å²) in [6, 6.07) is 10.4. The first-order valence-electron chi connectivity index (χ1n) is 8.92. The Hall–Kier alpha value is -1.85. The van der Waals surface area contributed by atoms with Crippen LogP contribution in [0.3, 0.4) is 0 Å². The number of aliphatic hydroxyl groups excluding tert-OH is 1. The Bertz CT molecular complexity index is 1130. The zero-order valence-corrected chi connectivity index (χ0v) is 19.2. The number of halogens is 1. The van der Waals surface area contributed by atoms with Gasteiger partial charge in [0.1, 0.15) is 0 Å². The summed E-state index contributed by atoms with van der Waals surface area (Å²) in [4.78, 5) is 16.9. The second kappa shape index (κ2) is 9.97. The molecule has 1 aromatic heterocycles. The number of anilines is 1. The molecule has 2 aromatic carbocycles. The quantitative estimate of drug-likeness (QED) is 0.427. The van der Waals surface area contributed by atoms with Crippen LogP contribution in [0.5, 0.6) is 0 Å². The number of carbonyl (C=O) groups is 1. The number of nitrogens with one attached hydrogen (secondary N) is 2. The minimum Gasteiger partial charge on any atom is -0.394 e. The molecule has 1 heterocycles. The van der Waals surface area contributed by atoms with Crippen molar-refractivity contribution in [3.05, 3.63) is 53.1 Å². The van der Waals surface area contributed by atoms with E-state index >= 15 is 0 Å². The first-order chi connectivity index (χ1) is 14.3. The molecule has 3 N–H and O–H groups in total. The minimum absolute atomic E-state index is 0.0755. The molecule has 0 bridgehead atoms. The lowest BCUT2D eigenvalue weighted by Crippen LogP contribution is -2.37. The van der Waals surface area contributed by atoms with Crippen molar-refractivity contribution in [2.75, 3.05) is 23.3 Å². The summed E-state index contributed by atoms with van der Waals surface area (Å²) in [5, 5.41) is 12.9. The fourth-order valence-corrected chi connectivity index (χ4v) is 5.42. The van der Waals surface area contributed by atoms with E-state index in [4.69, 9.17) is 11.6 Å². The number of nitrogens with zero attached hydrogens (tertiary/aromatic N) is 1. The van der Waals surface area contributed by atoms with Crippen LogP contribution in [0, 0.1) is 0 Å². The molecule has 1 atom stereocenters. The second-order valence-electron chi connectivity index (χ2n) is 6.40. The lowest BCUT2D eigenvalue weighted by molar-refractivity contribution is 0.0915. The van der Waals surface area contributed by atoms with E-state index in [-0.39, 0.29) is 28.6 Å². The highest BCUT2D eigenvalue weighted by atomic mass is 35.5. The molecule has 160 valence electrons. The van der Waals surface area contributed by atoms with Crippen molar-refractivity contribution in [2.45, 2.75) is 17.4 Å². The highest BCUT2D eigenvalue weighted by Crippen LogP contribution is 2.29. The SMILES string of the molecule is CSCC[C@H](CO)NC(=O)c1ccc2nc(NS(=O)(=O)c3ccc(Cl)cc3)sc2c1. The van der Waals surface area contributed by atoms with Crippen molar-refractivity contribution < 1.29 is 18.3 Å². The molecule has 0 aliphatic rings. The van der Waals surface area contributed by atoms with Gasteiger partial charge in [-0.25, -0.2) is 13.4 Å². The van der Waals surface area contributed by atoms with Crippen LogP contribution < -0.4 is 10.0 Å².